The Morgan fingerprint density at radius 2 is 2.06 bits per heavy atom. The maximum Gasteiger partial charge on any atom is 0.0835 e. The van der Waals surface area contributed by atoms with E-state index in [-0.39, 0.29) is 0 Å². The maximum atomic E-state index is 4.13. The van der Waals surface area contributed by atoms with E-state index < -0.39 is 0 Å². The van der Waals surface area contributed by atoms with Crippen molar-refractivity contribution in [2.24, 2.45) is 0 Å². The van der Waals surface area contributed by atoms with E-state index in [4.69, 9.17) is 0 Å². The summed E-state index contributed by atoms with van der Waals surface area (Å²) in [6.07, 6.45) is 2.93. The lowest BCUT2D eigenvalue weighted by Gasteiger charge is -2.04. The number of benzene rings is 1. The van der Waals surface area contributed by atoms with Crippen molar-refractivity contribution in [2.75, 3.05) is 5.33 Å². The van der Waals surface area contributed by atoms with E-state index in [0.29, 0.717) is 0 Å². The zero-order valence-electron chi connectivity index (χ0n) is 10.2. The fourth-order valence-corrected chi connectivity index (χ4v) is 2.12. The van der Waals surface area contributed by atoms with Crippen molar-refractivity contribution in [3.8, 4) is 0 Å². The zero-order chi connectivity index (χ0) is 12.3. The molecule has 17 heavy (non-hydrogen) atoms. The molecule has 0 N–H and O–H groups in total. The van der Waals surface area contributed by atoms with Crippen LogP contribution >= 0.6 is 15.9 Å². The maximum absolute atomic E-state index is 4.13. The Bertz CT molecular complexity index is 505. The molecule has 0 spiro atoms. The molecule has 0 saturated carbocycles. The van der Waals surface area contributed by atoms with E-state index in [1.807, 2.05) is 10.9 Å². The minimum atomic E-state index is 0.788. The van der Waals surface area contributed by atoms with Crippen molar-refractivity contribution in [2.45, 2.75) is 26.8 Å². The number of rotatable bonds is 4. The Morgan fingerprint density at radius 3 is 2.76 bits per heavy atom. The molecule has 0 saturated heterocycles. The summed E-state index contributed by atoms with van der Waals surface area (Å²) in [5.74, 6) is 0. The molecule has 1 aromatic carbocycles. The van der Waals surface area contributed by atoms with Crippen LogP contribution in [0.25, 0.3) is 0 Å². The Balaban J connectivity index is 2.11. The number of aromatic nitrogens is 3. The molecule has 0 radical (unpaired) electrons. The third kappa shape index (κ3) is 3.16. The molecule has 90 valence electrons. The second kappa shape index (κ2) is 5.45. The van der Waals surface area contributed by atoms with Crippen LogP contribution in [0.3, 0.4) is 0 Å². The molecule has 1 heterocycles. The van der Waals surface area contributed by atoms with Crippen molar-refractivity contribution in [3.05, 3.63) is 46.8 Å². The first kappa shape index (κ1) is 12.3. The number of hydrogen-bond donors (Lipinski definition) is 0. The molecule has 0 aliphatic heterocycles. The van der Waals surface area contributed by atoms with Gasteiger partial charge in [0.05, 0.1) is 12.2 Å². The van der Waals surface area contributed by atoms with Gasteiger partial charge in [0, 0.05) is 17.9 Å². The van der Waals surface area contributed by atoms with Crippen molar-refractivity contribution in [1.29, 1.82) is 0 Å². The van der Waals surface area contributed by atoms with Gasteiger partial charge in [-0.3, -0.25) is 0 Å². The monoisotopic (exact) mass is 293 g/mol. The van der Waals surface area contributed by atoms with Crippen molar-refractivity contribution < 1.29 is 0 Å². The summed E-state index contributed by atoms with van der Waals surface area (Å²) in [6, 6.07) is 6.51. The van der Waals surface area contributed by atoms with Gasteiger partial charge in [-0.2, -0.15) is 0 Å². The lowest BCUT2D eigenvalue weighted by atomic mass is 10.1. The Morgan fingerprint density at radius 1 is 1.24 bits per heavy atom. The van der Waals surface area contributed by atoms with Crippen LogP contribution in [0.4, 0.5) is 0 Å². The summed E-state index contributed by atoms with van der Waals surface area (Å²) in [7, 11) is 0. The summed E-state index contributed by atoms with van der Waals surface area (Å²) in [4.78, 5) is 0. The number of halogens is 1. The van der Waals surface area contributed by atoms with Crippen LogP contribution in [0, 0.1) is 13.8 Å². The van der Waals surface area contributed by atoms with Crippen LogP contribution in [0.5, 0.6) is 0 Å². The number of aryl methyl sites for hydroxylation is 3. The third-order valence-corrected chi connectivity index (χ3v) is 3.25. The highest BCUT2D eigenvalue weighted by Gasteiger charge is 2.02. The molecule has 0 aliphatic rings. The standard InChI is InChI=1S/C13H16BrN3/c1-10-3-4-12(7-11(10)2)8-17-9-13(5-6-14)15-16-17/h3-4,7,9H,5-6,8H2,1-2H3. The summed E-state index contributed by atoms with van der Waals surface area (Å²) < 4.78 is 1.89. The van der Waals surface area contributed by atoms with E-state index in [1.165, 1.54) is 16.7 Å². The highest BCUT2D eigenvalue weighted by Crippen LogP contribution is 2.11. The Hall–Kier alpha value is -1.16. The van der Waals surface area contributed by atoms with E-state index in [9.17, 15) is 0 Å². The van der Waals surface area contributed by atoms with Crippen molar-refractivity contribution in [3.63, 3.8) is 0 Å². The van der Waals surface area contributed by atoms with E-state index >= 15 is 0 Å². The van der Waals surface area contributed by atoms with Gasteiger partial charge in [-0.1, -0.05) is 39.3 Å². The normalized spacial score (nSPS) is 10.8. The SMILES string of the molecule is Cc1ccc(Cn2cc(CCBr)nn2)cc1C. The first-order valence-electron chi connectivity index (χ1n) is 5.70. The molecule has 2 aromatic rings. The molecule has 1 aromatic heterocycles. The average molecular weight is 294 g/mol. The molecule has 0 unspecified atom stereocenters. The Kier molecular flexibility index (Phi) is 3.94. The number of nitrogens with zero attached hydrogens (tertiary/aromatic N) is 3. The quantitative estimate of drug-likeness (QED) is 0.812. The molecule has 4 heteroatoms. The van der Waals surface area contributed by atoms with Gasteiger partial charge in [-0.05, 0) is 30.5 Å². The van der Waals surface area contributed by atoms with Crippen LogP contribution in [-0.4, -0.2) is 20.3 Å². The van der Waals surface area contributed by atoms with E-state index in [1.54, 1.807) is 0 Å². The molecule has 0 atom stereocenters. The summed E-state index contributed by atoms with van der Waals surface area (Å²) in [5.41, 5.74) is 4.95. The van der Waals surface area contributed by atoms with E-state index in [2.05, 4.69) is 58.3 Å². The van der Waals surface area contributed by atoms with E-state index in [0.717, 1.165) is 24.0 Å². The summed E-state index contributed by atoms with van der Waals surface area (Å²) >= 11 is 3.40. The molecule has 2 rings (SSSR count). The molecular weight excluding hydrogens is 278 g/mol. The molecule has 0 aliphatic carbocycles. The molecule has 0 fully saturated rings. The van der Waals surface area contributed by atoms with Crippen LogP contribution in [0.2, 0.25) is 0 Å². The Labute approximate surface area is 110 Å². The highest BCUT2D eigenvalue weighted by atomic mass is 79.9. The minimum Gasteiger partial charge on any atom is -0.248 e. The van der Waals surface area contributed by atoms with Crippen LogP contribution in [0.1, 0.15) is 22.4 Å². The minimum absolute atomic E-state index is 0.788. The van der Waals surface area contributed by atoms with Gasteiger partial charge in [-0.25, -0.2) is 4.68 Å². The summed E-state index contributed by atoms with van der Waals surface area (Å²) in [5, 5.41) is 9.18. The van der Waals surface area contributed by atoms with Gasteiger partial charge in [-0.15, -0.1) is 5.10 Å². The number of hydrogen-bond acceptors (Lipinski definition) is 2. The van der Waals surface area contributed by atoms with Crippen LogP contribution < -0.4 is 0 Å². The molecule has 0 amide bonds. The van der Waals surface area contributed by atoms with Gasteiger partial charge in [0.2, 0.25) is 0 Å². The first-order chi connectivity index (χ1) is 8.19. The summed E-state index contributed by atoms with van der Waals surface area (Å²) in [6.45, 7) is 5.05. The second-order valence-corrected chi connectivity index (χ2v) is 5.06. The largest absolute Gasteiger partial charge is 0.248 e. The smallest absolute Gasteiger partial charge is 0.0835 e. The van der Waals surface area contributed by atoms with Gasteiger partial charge >= 0.3 is 0 Å². The topological polar surface area (TPSA) is 30.7 Å². The van der Waals surface area contributed by atoms with Crippen LogP contribution in [-0.2, 0) is 13.0 Å². The fraction of sp³-hybridized carbons (Fsp3) is 0.385. The van der Waals surface area contributed by atoms with Gasteiger partial charge in [0.25, 0.3) is 0 Å². The lowest BCUT2D eigenvalue weighted by molar-refractivity contribution is 0.649. The molecule has 3 nitrogen and oxygen atoms in total. The van der Waals surface area contributed by atoms with Gasteiger partial charge in [0.1, 0.15) is 0 Å². The predicted octanol–water partition coefficient (Wildman–Crippen LogP) is 2.88. The third-order valence-electron chi connectivity index (χ3n) is 2.85. The van der Waals surface area contributed by atoms with Crippen molar-refractivity contribution >= 4 is 15.9 Å². The lowest BCUT2D eigenvalue weighted by Crippen LogP contribution is -2.01. The van der Waals surface area contributed by atoms with Crippen molar-refractivity contribution in [1.82, 2.24) is 15.0 Å². The second-order valence-electron chi connectivity index (χ2n) is 4.27. The number of alkyl halides is 1. The molecular formula is C13H16BrN3. The average Bonchev–Trinajstić information content (AvgIpc) is 2.72. The predicted molar refractivity (Wildman–Crippen MR) is 72.5 cm³/mol. The van der Waals surface area contributed by atoms with Gasteiger partial charge < -0.3 is 0 Å². The van der Waals surface area contributed by atoms with Gasteiger partial charge in [0.15, 0.2) is 0 Å². The van der Waals surface area contributed by atoms with Crippen LogP contribution in [0.15, 0.2) is 24.4 Å². The molecule has 0 bridgehead atoms. The zero-order valence-corrected chi connectivity index (χ0v) is 11.7. The highest BCUT2D eigenvalue weighted by molar-refractivity contribution is 9.09. The first-order valence-corrected chi connectivity index (χ1v) is 6.82. The fourth-order valence-electron chi connectivity index (χ4n) is 1.72.